The Morgan fingerprint density at radius 2 is 1.77 bits per heavy atom. The highest BCUT2D eigenvalue weighted by molar-refractivity contribution is 7.89. The van der Waals surface area contributed by atoms with Crippen LogP contribution in [0.15, 0.2) is 34.0 Å². The molecule has 0 radical (unpaired) electrons. The van der Waals surface area contributed by atoms with Gasteiger partial charge in [-0.1, -0.05) is 13.8 Å². The first-order chi connectivity index (χ1) is 12.2. The minimum absolute atomic E-state index is 0.290. The maximum Gasteiger partial charge on any atom is 0.264 e. The van der Waals surface area contributed by atoms with Crippen LogP contribution in [-0.4, -0.2) is 36.0 Å². The fourth-order valence-corrected chi connectivity index (χ4v) is 5.69. The highest BCUT2D eigenvalue weighted by atomic mass is 32.2. The summed E-state index contributed by atoms with van der Waals surface area (Å²) in [7, 11) is -3.59. The third-order valence-electron chi connectivity index (χ3n) is 5.05. The number of nitrogens with zero attached hydrogens (tertiary/aromatic N) is 2. The summed E-state index contributed by atoms with van der Waals surface area (Å²) >= 11 is 0. The molecule has 0 spiro atoms. The summed E-state index contributed by atoms with van der Waals surface area (Å²) in [6.07, 6.45) is 1.05. The molecular weight excluding hydrogens is 350 g/mol. The Morgan fingerprint density at radius 3 is 2.35 bits per heavy atom. The number of H-pyrrole nitrogens is 1. The lowest BCUT2D eigenvalue weighted by Crippen LogP contribution is -2.42. The van der Waals surface area contributed by atoms with E-state index in [1.165, 1.54) is 6.07 Å². The first-order valence-electron chi connectivity index (χ1n) is 8.86. The van der Waals surface area contributed by atoms with Crippen LogP contribution in [0.3, 0.4) is 0 Å². The highest BCUT2D eigenvalue weighted by Gasteiger charge is 2.33. The molecule has 2 aromatic rings. The molecule has 1 N–H and O–H groups in total. The van der Waals surface area contributed by atoms with Crippen molar-refractivity contribution in [3.63, 3.8) is 0 Å². The number of aromatic amines is 1. The molecule has 0 aliphatic carbocycles. The molecule has 0 unspecified atom stereocenters. The van der Waals surface area contributed by atoms with Crippen LogP contribution in [0.25, 0.3) is 11.3 Å². The number of aryl methyl sites for hydroxylation is 1. The van der Waals surface area contributed by atoms with Gasteiger partial charge in [-0.15, -0.1) is 0 Å². The van der Waals surface area contributed by atoms with Gasteiger partial charge in [0.15, 0.2) is 0 Å². The zero-order chi connectivity index (χ0) is 19.1. The molecule has 140 valence electrons. The molecule has 0 saturated carbocycles. The Hall–Kier alpha value is -1.99. The molecule has 2 heterocycles. The summed E-state index contributed by atoms with van der Waals surface area (Å²) in [5.41, 5.74) is 2.57. The molecule has 7 heteroatoms. The van der Waals surface area contributed by atoms with Crippen LogP contribution >= 0.6 is 0 Å². The minimum atomic E-state index is -3.59. The number of piperidine rings is 1. The van der Waals surface area contributed by atoms with Crippen molar-refractivity contribution in [3.8, 4) is 11.3 Å². The van der Waals surface area contributed by atoms with Crippen molar-refractivity contribution in [1.82, 2.24) is 14.5 Å². The standard InChI is InChI=1S/C19H25N3O3S/c1-12-7-13(2)11-22(10-12)26(24,25)18-9-16(8-14(3)15(18)4)17-5-6-19(23)21-20-17/h5-6,8-9,12-13H,7,10-11H2,1-4H3,(H,21,23)/t12-,13+. The van der Waals surface area contributed by atoms with Crippen molar-refractivity contribution in [2.45, 2.75) is 39.0 Å². The molecule has 2 atom stereocenters. The molecule has 0 amide bonds. The Morgan fingerprint density at radius 1 is 1.12 bits per heavy atom. The fourth-order valence-electron chi connectivity index (χ4n) is 3.69. The number of hydrogen-bond donors (Lipinski definition) is 1. The lowest BCUT2D eigenvalue weighted by atomic mass is 9.94. The monoisotopic (exact) mass is 375 g/mol. The van der Waals surface area contributed by atoms with Crippen molar-refractivity contribution in [2.75, 3.05) is 13.1 Å². The summed E-state index contributed by atoms with van der Waals surface area (Å²) in [6.45, 7) is 9.01. The Labute approximate surface area is 154 Å². The van der Waals surface area contributed by atoms with Crippen LogP contribution in [0.2, 0.25) is 0 Å². The van der Waals surface area contributed by atoms with E-state index in [4.69, 9.17) is 0 Å². The lowest BCUT2D eigenvalue weighted by Gasteiger charge is -2.34. The molecule has 0 bridgehead atoms. The van der Waals surface area contributed by atoms with Crippen LogP contribution in [0.1, 0.15) is 31.4 Å². The number of aromatic nitrogens is 2. The first-order valence-corrected chi connectivity index (χ1v) is 10.3. The molecular formula is C19H25N3O3S. The van der Waals surface area contributed by atoms with E-state index >= 15 is 0 Å². The first kappa shape index (κ1) is 18.8. The van der Waals surface area contributed by atoms with Crippen molar-refractivity contribution >= 4 is 10.0 Å². The van der Waals surface area contributed by atoms with E-state index in [9.17, 15) is 13.2 Å². The van der Waals surface area contributed by atoms with Crippen LogP contribution in [0.5, 0.6) is 0 Å². The maximum atomic E-state index is 13.3. The van der Waals surface area contributed by atoms with Gasteiger partial charge in [-0.25, -0.2) is 13.5 Å². The fraction of sp³-hybridized carbons (Fsp3) is 0.474. The molecule has 1 aliphatic heterocycles. The Balaban J connectivity index is 2.09. The summed E-state index contributed by atoms with van der Waals surface area (Å²) in [4.78, 5) is 11.6. The average molecular weight is 375 g/mol. The van der Waals surface area contributed by atoms with Gasteiger partial charge in [-0.2, -0.15) is 9.40 Å². The van der Waals surface area contributed by atoms with Crippen LogP contribution < -0.4 is 5.56 Å². The lowest BCUT2D eigenvalue weighted by molar-refractivity contribution is 0.222. The van der Waals surface area contributed by atoms with Crippen LogP contribution in [0.4, 0.5) is 0 Å². The summed E-state index contributed by atoms with van der Waals surface area (Å²) in [6, 6.07) is 6.56. The highest BCUT2D eigenvalue weighted by Crippen LogP contribution is 2.31. The van der Waals surface area contributed by atoms with Crippen molar-refractivity contribution in [2.24, 2.45) is 11.8 Å². The Bertz CT molecular complexity index is 952. The summed E-state index contributed by atoms with van der Waals surface area (Å²) in [5.74, 6) is 0.693. The van der Waals surface area contributed by atoms with E-state index < -0.39 is 10.0 Å². The SMILES string of the molecule is Cc1cc(-c2ccc(=O)[nH]n2)cc(S(=O)(=O)N2C[C@H](C)C[C@H](C)C2)c1C. The molecule has 1 aromatic heterocycles. The minimum Gasteiger partial charge on any atom is -0.268 e. The second-order valence-corrected chi connectivity index (χ2v) is 9.40. The second kappa shape index (κ2) is 6.96. The summed E-state index contributed by atoms with van der Waals surface area (Å²) < 4.78 is 28.3. The quantitative estimate of drug-likeness (QED) is 0.894. The third kappa shape index (κ3) is 3.59. The molecule has 1 aliphatic rings. The van der Waals surface area contributed by atoms with Crippen molar-refractivity contribution in [3.05, 3.63) is 45.7 Å². The maximum absolute atomic E-state index is 13.3. The molecule has 3 rings (SSSR count). The van der Waals surface area contributed by atoms with Gasteiger partial charge < -0.3 is 0 Å². The van der Waals surface area contributed by atoms with E-state index in [2.05, 4.69) is 24.0 Å². The number of hydrogen-bond acceptors (Lipinski definition) is 4. The van der Waals surface area contributed by atoms with Gasteiger partial charge >= 0.3 is 0 Å². The van der Waals surface area contributed by atoms with Gasteiger partial charge in [0.1, 0.15) is 0 Å². The molecule has 1 fully saturated rings. The molecule has 1 aromatic carbocycles. The zero-order valence-corrected chi connectivity index (χ0v) is 16.4. The zero-order valence-electron chi connectivity index (χ0n) is 15.6. The normalized spacial score (nSPS) is 21.7. The van der Waals surface area contributed by atoms with Crippen LogP contribution in [0, 0.1) is 25.7 Å². The smallest absolute Gasteiger partial charge is 0.264 e. The average Bonchev–Trinajstić information content (AvgIpc) is 2.57. The van der Waals surface area contributed by atoms with Gasteiger partial charge in [0.2, 0.25) is 10.0 Å². The largest absolute Gasteiger partial charge is 0.268 e. The van der Waals surface area contributed by atoms with E-state index in [1.54, 1.807) is 16.4 Å². The van der Waals surface area contributed by atoms with E-state index in [1.807, 2.05) is 19.9 Å². The van der Waals surface area contributed by atoms with Gasteiger partial charge in [0, 0.05) is 24.7 Å². The Kier molecular flexibility index (Phi) is 5.03. The molecule has 26 heavy (non-hydrogen) atoms. The van der Waals surface area contributed by atoms with Gasteiger partial charge in [0.05, 0.1) is 10.6 Å². The second-order valence-electron chi connectivity index (χ2n) is 7.49. The molecule has 1 saturated heterocycles. The van der Waals surface area contributed by atoms with Gasteiger partial charge in [-0.3, -0.25) is 4.79 Å². The van der Waals surface area contributed by atoms with E-state index in [0.717, 1.165) is 17.5 Å². The van der Waals surface area contributed by atoms with Gasteiger partial charge in [-0.05, 0) is 61.4 Å². The number of sulfonamides is 1. The van der Waals surface area contributed by atoms with Crippen LogP contribution in [-0.2, 0) is 10.0 Å². The summed E-state index contributed by atoms with van der Waals surface area (Å²) in [5, 5.41) is 6.43. The van der Waals surface area contributed by atoms with E-state index in [-0.39, 0.29) is 5.56 Å². The topological polar surface area (TPSA) is 83.1 Å². The van der Waals surface area contributed by atoms with Gasteiger partial charge in [0.25, 0.3) is 5.56 Å². The predicted octanol–water partition coefficient (Wildman–Crippen LogP) is 2.72. The van der Waals surface area contributed by atoms with E-state index in [0.29, 0.717) is 41.1 Å². The number of rotatable bonds is 3. The molecule has 6 nitrogen and oxygen atoms in total. The van der Waals surface area contributed by atoms with Crippen molar-refractivity contribution in [1.29, 1.82) is 0 Å². The third-order valence-corrected chi connectivity index (χ3v) is 7.01. The number of benzene rings is 1. The number of nitrogens with one attached hydrogen (secondary N) is 1. The van der Waals surface area contributed by atoms with Crippen molar-refractivity contribution < 1.29 is 8.42 Å². The predicted molar refractivity (Wildman–Crippen MR) is 101 cm³/mol.